The van der Waals surface area contributed by atoms with Gasteiger partial charge in [0, 0.05) is 49.8 Å². The quantitative estimate of drug-likeness (QED) is 0.870. The Bertz CT molecular complexity index is 757. The summed E-state index contributed by atoms with van der Waals surface area (Å²) >= 11 is 0. The zero-order valence-electron chi connectivity index (χ0n) is 13.6. The molecule has 24 heavy (non-hydrogen) atoms. The maximum Gasteiger partial charge on any atom is 0.208 e. The van der Waals surface area contributed by atoms with Gasteiger partial charge >= 0.3 is 0 Å². The van der Waals surface area contributed by atoms with Crippen molar-refractivity contribution in [1.82, 2.24) is 24.6 Å². The summed E-state index contributed by atoms with van der Waals surface area (Å²) in [6.45, 7) is 2.48. The van der Waals surface area contributed by atoms with Crippen LogP contribution in [0.15, 0.2) is 36.8 Å². The minimum atomic E-state index is -3.13. The van der Waals surface area contributed by atoms with Crippen LogP contribution in [0.4, 0.5) is 0 Å². The summed E-state index contributed by atoms with van der Waals surface area (Å²) in [5.74, 6) is 0.621. The summed E-state index contributed by atoms with van der Waals surface area (Å²) in [6.07, 6.45) is 8.23. The Balaban J connectivity index is 1.54. The number of pyridine rings is 1. The van der Waals surface area contributed by atoms with Crippen molar-refractivity contribution in [2.45, 2.75) is 25.4 Å². The summed E-state index contributed by atoms with van der Waals surface area (Å²) in [7, 11) is -3.13. The van der Waals surface area contributed by atoms with Gasteiger partial charge in [-0.05, 0) is 25.0 Å². The molecule has 8 heteroatoms. The first-order valence-corrected chi connectivity index (χ1v) is 9.81. The number of piperidine rings is 1. The van der Waals surface area contributed by atoms with E-state index in [1.807, 2.05) is 30.6 Å². The zero-order chi connectivity index (χ0) is 17.0. The van der Waals surface area contributed by atoms with Crippen LogP contribution in [-0.4, -0.2) is 53.7 Å². The molecular weight excluding hydrogens is 326 g/mol. The van der Waals surface area contributed by atoms with Gasteiger partial charge in [0.1, 0.15) is 5.69 Å². The first kappa shape index (κ1) is 16.9. The molecule has 1 fully saturated rings. The van der Waals surface area contributed by atoms with Crippen LogP contribution >= 0.6 is 0 Å². The Morgan fingerprint density at radius 2 is 1.88 bits per heavy atom. The maximum atomic E-state index is 11.3. The van der Waals surface area contributed by atoms with Crippen LogP contribution in [0.5, 0.6) is 0 Å². The minimum absolute atomic E-state index is 0.0408. The van der Waals surface area contributed by atoms with Gasteiger partial charge in [-0.25, -0.2) is 23.1 Å². The molecule has 1 aliphatic heterocycles. The summed E-state index contributed by atoms with van der Waals surface area (Å²) in [4.78, 5) is 15.3. The highest BCUT2D eigenvalue weighted by molar-refractivity contribution is 7.88. The second-order valence-electron chi connectivity index (χ2n) is 6.07. The van der Waals surface area contributed by atoms with Gasteiger partial charge in [0.25, 0.3) is 0 Å². The van der Waals surface area contributed by atoms with Gasteiger partial charge in [0.15, 0.2) is 5.82 Å². The van der Waals surface area contributed by atoms with Crippen LogP contribution in [0.3, 0.4) is 0 Å². The highest BCUT2D eigenvalue weighted by Gasteiger charge is 2.21. The molecule has 128 valence electrons. The fourth-order valence-corrected chi connectivity index (χ4v) is 3.67. The summed E-state index contributed by atoms with van der Waals surface area (Å²) in [5, 5.41) is 0. The molecule has 0 bridgehead atoms. The van der Waals surface area contributed by atoms with E-state index in [0.29, 0.717) is 5.82 Å². The van der Waals surface area contributed by atoms with Crippen molar-refractivity contribution < 1.29 is 8.42 Å². The molecule has 0 amide bonds. The molecule has 0 atom stereocenters. The predicted molar refractivity (Wildman–Crippen MR) is 91.5 cm³/mol. The van der Waals surface area contributed by atoms with Crippen molar-refractivity contribution in [2.75, 3.05) is 19.3 Å². The van der Waals surface area contributed by atoms with Crippen LogP contribution in [0.1, 0.15) is 18.4 Å². The highest BCUT2D eigenvalue weighted by atomic mass is 32.2. The van der Waals surface area contributed by atoms with Crippen LogP contribution < -0.4 is 4.72 Å². The lowest BCUT2D eigenvalue weighted by atomic mass is 10.1. The van der Waals surface area contributed by atoms with Gasteiger partial charge < -0.3 is 0 Å². The third-order valence-corrected chi connectivity index (χ3v) is 4.74. The van der Waals surface area contributed by atoms with Gasteiger partial charge in [-0.1, -0.05) is 6.07 Å². The van der Waals surface area contributed by atoms with E-state index in [1.54, 1.807) is 6.20 Å². The molecule has 0 unspecified atom stereocenters. The first-order chi connectivity index (χ1) is 11.5. The van der Waals surface area contributed by atoms with Crippen molar-refractivity contribution >= 4 is 10.0 Å². The van der Waals surface area contributed by atoms with E-state index in [0.717, 1.165) is 43.7 Å². The lowest BCUT2D eigenvalue weighted by Gasteiger charge is -2.31. The second kappa shape index (κ2) is 7.33. The Labute approximate surface area is 142 Å². The van der Waals surface area contributed by atoms with Gasteiger partial charge in [-0.2, -0.15) is 0 Å². The maximum absolute atomic E-state index is 11.3. The number of rotatable bonds is 5. The van der Waals surface area contributed by atoms with Crippen LogP contribution in [-0.2, 0) is 16.6 Å². The lowest BCUT2D eigenvalue weighted by molar-refractivity contribution is 0.199. The van der Waals surface area contributed by atoms with Gasteiger partial charge in [0.05, 0.1) is 6.26 Å². The zero-order valence-corrected chi connectivity index (χ0v) is 14.4. The molecule has 3 rings (SSSR count). The van der Waals surface area contributed by atoms with Crippen molar-refractivity contribution in [3.8, 4) is 11.5 Å². The Morgan fingerprint density at radius 1 is 1.17 bits per heavy atom. The molecule has 0 saturated carbocycles. The average Bonchev–Trinajstić information content (AvgIpc) is 2.57. The van der Waals surface area contributed by atoms with E-state index in [4.69, 9.17) is 0 Å². The number of aromatic nitrogens is 3. The SMILES string of the molecule is CS(=O)(=O)NC1CCN(Cc2cnc(-c3ccccn3)nc2)CC1. The van der Waals surface area contributed by atoms with E-state index in [-0.39, 0.29) is 6.04 Å². The molecule has 0 spiro atoms. The first-order valence-electron chi connectivity index (χ1n) is 7.91. The molecule has 7 nitrogen and oxygen atoms in total. The number of sulfonamides is 1. The molecule has 1 saturated heterocycles. The van der Waals surface area contributed by atoms with Crippen molar-refractivity contribution in [2.24, 2.45) is 0 Å². The third kappa shape index (κ3) is 4.80. The third-order valence-electron chi connectivity index (χ3n) is 3.97. The second-order valence-corrected chi connectivity index (χ2v) is 7.85. The van der Waals surface area contributed by atoms with Crippen LogP contribution in [0.25, 0.3) is 11.5 Å². The molecule has 0 aromatic carbocycles. The van der Waals surface area contributed by atoms with E-state index in [2.05, 4.69) is 24.6 Å². The molecule has 2 aromatic rings. The number of nitrogens with zero attached hydrogens (tertiary/aromatic N) is 4. The topological polar surface area (TPSA) is 88.1 Å². The van der Waals surface area contributed by atoms with E-state index >= 15 is 0 Å². The summed E-state index contributed by atoms with van der Waals surface area (Å²) in [6, 6.07) is 5.70. The summed E-state index contributed by atoms with van der Waals surface area (Å²) < 4.78 is 25.2. The van der Waals surface area contributed by atoms with E-state index < -0.39 is 10.0 Å². The van der Waals surface area contributed by atoms with E-state index in [9.17, 15) is 8.42 Å². The minimum Gasteiger partial charge on any atom is -0.299 e. The molecule has 1 aliphatic rings. The predicted octanol–water partition coefficient (Wildman–Crippen LogP) is 1.05. The Hall–Kier alpha value is -1.90. The number of hydrogen-bond donors (Lipinski definition) is 1. The molecular formula is C16H21N5O2S. The van der Waals surface area contributed by atoms with Crippen LogP contribution in [0.2, 0.25) is 0 Å². The monoisotopic (exact) mass is 347 g/mol. The normalized spacial score (nSPS) is 17.0. The lowest BCUT2D eigenvalue weighted by Crippen LogP contribution is -2.43. The van der Waals surface area contributed by atoms with Crippen LogP contribution in [0, 0.1) is 0 Å². The molecule has 3 heterocycles. The molecule has 0 aliphatic carbocycles. The van der Waals surface area contributed by atoms with E-state index in [1.165, 1.54) is 6.26 Å². The standard InChI is InChI=1S/C16H21N5O2S/c1-24(22,23)20-14-5-8-21(9-6-14)12-13-10-18-16(19-11-13)15-4-2-3-7-17-15/h2-4,7,10-11,14,20H,5-6,8-9,12H2,1H3. The van der Waals surface area contributed by atoms with Gasteiger partial charge in [0.2, 0.25) is 10.0 Å². The molecule has 0 radical (unpaired) electrons. The van der Waals surface area contributed by atoms with Crippen molar-refractivity contribution in [3.63, 3.8) is 0 Å². The highest BCUT2D eigenvalue weighted by Crippen LogP contribution is 2.15. The number of nitrogens with one attached hydrogen (secondary N) is 1. The average molecular weight is 347 g/mol. The van der Waals surface area contributed by atoms with Crippen molar-refractivity contribution in [1.29, 1.82) is 0 Å². The Kier molecular flexibility index (Phi) is 5.17. The fourth-order valence-electron chi connectivity index (χ4n) is 2.83. The smallest absolute Gasteiger partial charge is 0.208 e. The number of hydrogen-bond acceptors (Lipinski definition) is 6. The summed E-state index contributed by atoms with van der Waals surface area (Å²) in [5.41, 5.74) is 1.81. The Morgan fingerprint density at radius 3 is 2.46 bits per heavy atom. The largest absolute Gasteiger partial charge is 0.299 e. The molecule has 1 N–H and O–H groups in total. The number of likely N-dealkylation sites (tertiary alicyclic amines) is 1. The van der Waals surface area contributed by atoms with Gasteiger partial charge in [-0.15, -0.1) is 0 Å². The van der Waals surface area contributed by atoms with Crippen molar-refractivity contribution in [3.05, 3.63) is 42.4 Å². The fraction of sp³-hybridized carbons (Fsp3) is 0.438. The molecule has 2 aromatic heterocycles. The van der Waals surface area contributed by atoms with Gasteiger partial charge in [-0.3, -0.25) is 9.88 Å².